The predicted molar refractivity (Wildman–Crippen MR) is 216 cm³/mol. The number of carbonyl (C=O) groups excluding carboxylic acids is 4. The van der Waals surface area contributed by atoms with Gasteiger partial charge in [-0.25, -0.2) is 4.79 Å². The summed E-state index contributed by atoms with van der Waals surface area (Å²) in [6, 6.07) is -1.08. The molecule has 56 heavy (non-hydrogen) atoms. The van der Waals surface area contributed by atoms with Crippen LogP contribution in [-0.4, -0.2) is 99.7 Å². The van der Waals surface area contributed by atoms with Crippen LogP contribution in [0.2, 0.25) is 0 Å². The summed E-state index contributed by atoms with van der Waals surface area (Å²) in [6.45, 7) is 15.8. The maximum absolute atomic E-state index is 14.3. The van der Waals surface area contributed by atoms with Crippen LogP contribution < -0.4 is 0 Å². The van der Waals surface area contributed by atoms with Gasteiger partial charge in [-0.05, 0) is 107 Å². The third kappa shape index (κ3) is 11.2. The van der Waals surface area contributed by atoms with E-state index in [9.17, 15) is 34.5 Å². The number of allylic oxidation sites excluding steroid dienone is 3. The molecule has 3 fully saturated rings. The van der Waals surface area contributed by atoms with Crippen LogP contribution in [0.4, 0.5) is 0 Å². The molecule has 0 aromatic rings. The Hall–Kier alpha value is -2.44. The Labute approximate surface area is 337 Å². The minimum atomic E-state index is -2.34. The van der Waals surface area contributed by atoms with E-state index in [0.717, 1.165) is 24.8 Å². The van der Waals surface area contributed by atoms with Gasteiger partial charge in [-0.2, -0.15) is 0 Å². The molecule has 4 aliphatic rings. The van der Waals surface area contributed by atoms with Crippen LogP contribution >= 0.6 is 0 Å². The molecule has 1 aliphatic carbocycles. The molecule has 3 aliphatic heterocycles. The molecule has 0 aromatic carbocycles. The number of piperidine rings is 1. The standard InChI is InChI=1S/C44H71NO10.CH4/c1-10-32-19-25(3)18-26(4)20-33(11-2)40-27(5)21-29(7)44(52,55-40)41(49)42(50)45-17-13-12-14-34(45)43(51)54-39(30(8)36(47)24-37(32)48)28(6)22-31-15-16-35(46)38(23-31)53-9;/h19,22,26-27,29-36,38-40,46-47,52H,10-18,20-21,23-24H2,1-9H3;1H4/b25-19+,28-22+;/t26-,27-,29+,30+,31-,32+,33-,34?,35+,36-,38+,39+,40-,44+;/m0./s1. The van der Waals surface area contributed by atoms with E-state index in [1.807, 2.05) is 32.9 Å². The number of aliphatic hydroxyl groups excluding tert-OH is 2. The Kier molecular flexibility index (Phi) is 18.0. The van der Waals surface area contributed by atoms with Crippen LogP contribution in [-0.2, 0) is 33.4 Å². The summed E-state index contributed by atoms with van der Waals surface area (Å²) in [5.74, 6) is -6.57. The highest BCUT2D eigenvalue weighted by Crippen LogP contribution is 2.42. The molecule has 0 spiro atoms. The maximum atomic E-state index is 14.3. The molecule has 2 bridgehead atoms. The van der Waals surface area contributed by atoms with Gasteiger partial charge in [0.15, 0.2) is 0 Å². The first-order valence-electron chi connectivity index (χ1n) is 21.2. The first kappa shape index (κ1) is 47.9. The summed E-state index contributed by atoms with van der Waals surface area (Å²) in [5, 5.41) is 34.1. The third-order valence-electron chi connectivity index (χ3n) is 13.3. The van der Waals surface area contributed by atoms with Crippen molar-refractivity contribution >= 4 is 23.4 Å². The SMILES string of the molecule is C.CC[C@H]1C[C@@H](C)C/C(C)=C/[C@@H](CC)C(=O)C[C@H](O)[C@@H](C)[C@@H](/C(C)=C/[C@@H]2CC[C@@H](O)[C@H](OC)C2)OC(=O)C2CCCCN2C(=O)C(=O)[C@]2(O)O[C@H]1[C@@H](C)C[C@H]2C. The van der Waals surface area contributed by atoms with Crippen molar-refractivity contribution in [2.24, 2.45) is 41.4 Å². The molecule has 1 amide bonds. The third-order valence-corrected chi connectivity index (χ3v) is 13.3. The lowest BCUT2D eigenvalue weighted by Crippen LogP contribution is -2.62. The van der Waals surface area contributed by atoms with Crippen molar-refractivity contribution in [2.45, 2.75) is 182 Å². The summed E-state index contributed by atoms with van der Waals surface area (Å²) >= 11 is 0. The average Bonchev–Trinajstić information content (AvgIpc) is 3.15. The molecule has 1 saturated carbocycles. The number of nitrogens with zero attached hydrogens (tertiary/aromatic N) is 1. The van der Waals surface area contributed by atoms with Gasteiger partial charge >= 0.3 is 5.97 Å². The van der Waals surface area contributed by atoms with E-state index in [2.05, 4.69) is 20.8 Å². The molecule has 2 saturated heterocycles. The Bertz CT molecular complexity index is 1410. The number of methoxy groups -OCH3 is 1. The Morgan fingerprint density at radius 3 is 2.30 bits per heavy atom. The van der Waals surface area contributed by atoms with Crippen molar-refractivity contribution in [2.75, 3.05) is 13.7 Å². The second-order valence-corrected chi connectivity index (χ2v) is 17.8. The van der Waals surface area contributed by atoms with Gasteiger partial charge < -0.3 is 34.4 Å². The molecule has 11 nitrogen and oxygen atoms in total. The molecule has 0 aromatic heterocycles. The van der Waals surface area contributed by atoms with Crippen LogP contribution in [0.15, 0.2) is 23.3 Å². The van der Waals surface area contributed by atoms with Crippen molar-refractivity contribution in [1.29, 1.82) is 0 Å². The zero-order valence-electron chi connectivity index (χ0n) is 35.0. The van der Waals surface area contributed by atoms with E-state index in [4.69, 9.17) is 14.2 Å². The van der Waals surface area contributed by atoms with Crippen LogP contribution in [0.25, 0.3) is 0 Å². The van der Waals surface area contributed by atoms with Gasteiger partial charge in [0.1, 0.15) is 17.9 Å². The zero-order valence-corrected chi connectivity index (χ0v) is 35.0. The molecule has 1 unspecified atom stereocenters. The molecule has 4 rings (SSSR count). The summed E-state index contributed by atoms with van der Waals surface area (Å²) in [7, 11) is 1.57. The predicted octanol–water partition coefficient (Wildman–Crippen LogP) is 6.74. The fourth-order valence-electron chi connectivity index (χ4n) is 9.94. The van der Waals surface area contributed by atoms with Crippen molar-refractivity contribution < 1.29 is 48.7 Å². The lowest BCUT2D eigenvalue weighted by molar-refractivity contribution is -0.283. The van der Waals surface area contributed by atoms with E-state index in [1.165, 1.54) is 4.90 Å². The second-order valence-electron chi connectivity index (χ2n) is 17.8. The first-order chi connectivity index (χ1) is 25.9. The number of cyclic esters (lactones) is 1. The number of hydrogen-bond donors (Lipinski definition) is 3. The lowest BCUT2D eigenvalue weighted by atomic mass is 9.75. The molecule has 11 heteroatoms. The molecular formula is C45H75NO10. The monoisotopic (exact) mass is 790 g/mol. The van der Waals surface area contributed by atoms with E-state index < -0.39 is 65.7 Å². The topological polar surface area (TPSA) is 160 Å². The second kappa shape index (κ2) is 21.0. The normalized spacial score (nSPS) is 41.4. The number of aliphatic hydroxyl groups is 3. The van der Waals surface area contributed by atoms with Crippen molar-refractivity contribution in [3.63, 3.8) is 0 Å². The lowest BCUT2D eigenvalue weighted by Gasteiger charge is -2.47. The molecule has 3 heterocycles. The quantitative estimate of drug-likeness (QED) is 0.155. The van der Waals surface area contributed by atoms with Gasteiger partial charge in [0.05, 0.1) is 24.4 Å². The molecule has 320 valence electrons. The zero-order chi connectivity index (χ0) is 40.8. The number of amides is 1. The highest BCUT2D eigenvalue weighted by Gasteiger charge is 2.55. The van der Waals surface area contributed by atoms with Gasteiger partial charge in [0.25, 0.3) is 11.7 Å². The summed E-state index contributed by atoms with van der Waals surface area (Å²) in [6.07, 6.45) is 7.13. The molecule has 3 N–H and O–H groups in total. The Morgan fingerprint density at radius 1 is 0.964 bits per heavy atom. The maximum Gasteiger partial charge on any atom is 0.329 e. The summed E-state index contributed by atoms with van der Waals surface area (Å²) < 4.78 is 18.2. The van der Waals surface area contributed by atoms with Crippen LogP contribution in [0, 0.1) is 41.4 Å². The fraction of sp³-hybridized carbons (Fsp3) is 0.822. The van der Waals surface area contributed by atoms with E-state index in [0.29, 0.717) is 50.5 Å². The number of rotatable bonds is 5. The van der Waals surface area contributed by atoms with E-state index in [-0.39, 0.29) is 68.3 Å². The van der Waals surface area contributed by atoms with Gasteiger partial charge in [0, 0.05) is 37.8 Å². The van der Waals surface area contributed by atoms with E-state index in [1.54, 1.807) is 21.0 Å². The van der Waals surface area contributed by atoms with Crippen molar-refractivity contribution in [1.82, 2.24) is 4.90 Å². The largest absolute Gasteiger partial charge is 0.456 e. The number of carbonyl (C=O) groups is 4. The van der Waals surface area contributed by atoms with Gasteiger partial charge in [-0.1, -0.05) is 73.1 Å². The highest BCUT2D eigenvalue weighted by atomic mass is 16.6. The van der Waals surface area contributed by atoms with Gasteiger partial charge in [-0.15, -0.1) is 0 Å². The Morgan fingerprint density at radius 2 is 1.66 bits per heavy atom. The minimum Gasteiger partial charge on any atom is -0.456 e. The number of esters is 1. The number of fused-ring (bicyclic) bond motifs is 3. The summed E-state index contributed by atoms with van der Waals surface area (Å²) in [5.41, 5.74) is 1.77. The molecular weight excluding hydrogens is 714 g/mol. The number of ketones is 2. The highest BCUT2D eigenvalue weighted by molar-refractivity contribution is 6.39. The average molecular weight is 790 g/mol. The van der Waals surface area contributed by atoms with Crippen LogP contribution in [0.3, 0.4) is 0 Å². The molecule has 0 radical (unpaired) electrons. The number of hydrogen-bond acceptors (Lipinski definition) is 10. The van der Waals surface area contributed by atoms with E-state index >= 15 is 0 Å². The van der Waals surface area contributed by atoms with Crippen molar-refractivity contribution in [3.05, 3.63) is 23.3 Å². The van der Waals surface area contributed by atoms with Crippen LogP contribution in [0.5, 0.6) is 0 Å². The summed E-state index contributed by atoms with van der Waals surface area (Å²) in [4.78, 5) is 57.7. The Balaban J connectivity index is 0.00000841. The number of Topliss-reactive ketones (excluding diaryl/α,β-unsaturated/α-hetero) is 2. The van der Waals surface area contributed by atoms with Crippen LogP contribution in [0.1, 0.15) is 140 Å². The fourth-order valence-corrected chi connectivity index (χ4v) is 9.94. The van der Waals surface area contributed by atoms with Gasteiger partial charge in [-0.3, -0.25) is 14.4 Å². The van der Waals surface area contributed by atoms with Crippen molar-refractivity contribution in [3.8, 4) is 0 Å². The minimum absolute atomic E-state index is 0. The number of ether oxygens (including phenoxy) is 3. The molecule has 14 atom stereocenters. The first-order valence-corrected chi connectivity index (χ1v) is 21.2. The van der Waals surface area contributed by atoms with Gasteiger partial charge in [0.2, 0.25) is 5.79 Å². The smallest absolute Gasteiger partial charge is 0.329 e.